The van der Waals surface area contributed by atoms with Gasteiger partial charge in [0.25, 0.3) is 0 Å². The lowest BCUT2D eigenvalue weighted by atomic mass is 10.2. The van der Waals surface area contributed by atoms with Crippen LogP contribution in [0.4, 0.5) is 0 Å². The van der Waals surface area contributed by atoms with Crippen molar-refractivity contribution in [3.63, 3.8) is 0 Å². The van der Waals surface area contributed by atoms with Crippen molar-refractivity contribution in [2.45, 2.75) is 4.83 Å². The van der Waals surface area contributed by atoms with Crippen molar-refractivity contribution in [1.29, 1.82) is 0 Å². The quantitative estimate of drug-likeness (QED) is 0.453. The van der Waals surface area contributed by atoms with E-state index in [1.54, 1.807) is 7.11 Å². The number of alkyl halides is 1. The van der Waals surface area contributed by atoms with E-state index < -0.39 is 0 Å². The van der Waals surface area contributed by atoms with Gasteiger partial charge in [0.1, 0.15) is 18.6 Å². The van der Waals surface area contributed by atoms with E-state index >= 15 is 0 Å². The second-order valence-corrected chi connectivity index (χ2v) is 3.93. The molecule has 0 bridgehead atoms. The van der Waals surface area contributed by atoms with Gasteiger partial charge in [-0.25, -0.2) is 0 Å². The van der Waals surface area contributed by atoms with E-state index in [0.29, 0.717) is 13.2 Å². The van der Waals surface area contributed by atoms with Crippen molar-refractivity contribution in [2.75, 3.05) is 20.3 Å². The van der Waals surface area contributed by atoms with Crippen molar-refractivity contribution in [1.82, 2.24) is 0 Å². The van der Waals surface area contributed by atoms with Gasteiger partial charge in [-0.1, -0.05) is 28.1 Å². The molecule has 3 nitrogen and oxygen atoms in total. The van der Waals surface area contributed by atoms with Gasteiger partial charge in [-0.2, -0.15) is 0 Å². The van der Waals surface area contributed by atoms with E-state index in [2.05, 4.69) is 15.9 Å². The lowest BCUT2D eigenvalue weighted by molar-refractivity contribution is -0.107. The molecule has 4 heteroatoms. The molecule has 0 aliphatic rings. The molecule has 0 heterocycles. The van der Waals surface area contributed by atoms with E-state index in [0.717, 1.165) is 17.6 Å². The summed E-state index contributed by atoms with van der Waals surface area (Å²) >= 11 is 3.24. The van der Waals surface area contributed by atoms with Gasteiger partial charge in [0.15, 0.2) is 0 Å². The Morgan fingerprint density at radius 2 is 2.00 bits per heavy atom. The van der Waals surface area contributed by atoms with Crippen LogP contribution in [0.2, 0.25) is 0 Å². The zero-order chi connectivity index (χ0) is 11.1. The summed E-state index contributed by atoms with van der Waals surface area (Å²) in [5.41, 5.74) is 0.920. The number of rotatable bonds is 6. The zero-order valence-corrected chi connectivity index (χ0v) is 10.1. The van der Waals surface area contributed by atoms with Gasteiger partial charge in [-0.05, 0) is 17.7 Å². The molecule has 0 aliphatic carbocycles. The van der Waals surface area contributed by atoms with E-state index in [1.165, 1.54) is 0 Å². The van der Waals surface area contributed by atoms with E-state index in [9.17, 15) is 4.79 Å². The largest absolute Gasteiger partial charge is 0.491 e. The summed E-state index contributed by atoms with van der Waals surface area (Å²) in [6, 6.07) is 7.39. The summed E-state index contributed by atoms with van der Waals surface area (Å²) in [5, 5.41) is 0. The van der Waals surface area contributed by atoms with Gasteiger partial charge in [0.05, 0.1) is 11.4 Å². The average molecular weight is 273 g/mol. The standard InChI is InChI=1S/C11H13BrO3/c1-14-6-7-15-10-4-2-9(3-5-10)11(12)8-13/h2-5,8,11H,6-7H2,1H3. The van der Waals surface area contributed by atoms with E-state index in [4.69, 9.17) is 9.47 Å². The minimum absolute atomic E-state index is 0.245. The average Bonchev–Trinajstić information content (AvgIpc) is 2.29. The first-order valence-corrected chi connectivity index (χ1v) is 5.50. The third kappa shape index (κ3) is 4.01. The predicted molar refractivity (Wildman–Crippen MR) is 61.5 cm³/mol. The van der Waals surface area contributed by atoms with Crippen LogP contribution in [0.15, 0.2) is 24.3 Å². The number of hydrogen-bond acceptors (Lipinski definition) is 3. The summed E-state index contributed by atoms with van der Waals surface area (Å²) in [7, 11) is 1.63. The summed E-state index contributed by atoms with van der Waals surface area (Å²) in [6.45, 7) is 1.10. The monoisotopic (exact) mass is 272 g/mol. The Labute approximate surface area is 97.5 Å². The number of halogens is 1. The number of hydrogen-bond donors (Lipinski definition) is 0. The second-order valence-electron chi connectivity index (χ2n) is 2.95. The van der Waals surface area contributed by atoms with Crippen LogP contribution >= 0.6 is 15.9 Å². The molecule has 1 atom stereocenters. The van der Waals surface area contributed by atoms with Gasteiger partial charge in [-0.3, -0.25) is 0 Å². The minimum Gasteiger partial charge on any atom is -0.491 e. The number of benzene rings is 1. The number of ether oxygens (including phenoxy) is 2. The highest BCUT2D eigenvalue weighted by atomic mass is 79.9. The Bertz CT molecular complexity index is 297. The maximum atomic E-state index is 10.5. The van der Waals surface area contributed by atoms with Crippen LogP contribution in [-0.2, 0) is 9.53 Å². The number of aldehydes is 1. The minimum atomic E-state index is -0.245. The molecule has 0 N–H and O–H groups in total. The molecule has 0 aliphatic heterocycles. The lowest BCUT2D eigenvalue weighted by Crippen LogP contribution is -2.04. The van der Waals surface area contributed by atoms with Crippen molar-refractivity contribution in [3.8, 4) is 5.75 Å². The molecular formula is C11H13BrO3. The molecule has 0 fully saturated rings. The number of carbonyl (C=O) groups is 1. The molecule has 1 unspecified atom stereocenters. The van der Waals surface area contributed by atoms with Crippen LogP contribution in [0, 0.1) is 0 Å². The Morgan fingerprint density at radius 3 is 2.53 bits per heavy atom. The Balaban J connectivity index is 2.52. The van der Waals surface area contributed by atoms with Gasteiger partial charge in [0, 0.05) is 7.11 Å². The molecule has 1 rings (SSSR count). The molecule has 0 amide bonds. The molecule has 0 radical (unpaired) electrons. The maximum Gasteiger partial charge on any atom is 0.138 e. The van der Waals surface area contributed by atoms with Gasteiger partial charge in [-0.15, -0.1) is 0 Å². The van der Waals surface area contributed by atoms with Crippen LogP contribution in [0.25, 0.3) is 0 Å². The van der Waals surface area contributed by atoms with Gasteiger partial charge in [0.2, 0.25) is 0 Å². The van der Waals surface area contributed by atoms with E-state index in [-0.39, 0.29) is 4.83 Å². The van der Waals surface area contributed by atoms with Crippen molar-refractivity contribution < 1.29 is 14.3 Å². The second kappa shape index (κ2) is 6.58. The molecule has 15 heavy (non-hydrogen) atoms. The maximum absolute atomic E-state index is 10.5. The van der Waals surface area contributed by atoms with E-state index in [1.807, 2.05) is 24.3 Å². The fourth-order valence-corrected chi connectivity index (χ4v) is 1.37. The first-order valence-electron chi connectivity index (χ1n) is 4.59. The first-order chi connectivity index (χ1) is 7.27. The first kappa shape index (κ1) is 12.2. The molecule has 0 aromatic heterocycles. The van der Waals surface area contributed by atoms with Gasteiger partial charge < -0.3 is 14.3 Å². The Morgan fingerprint density at radius 1 is 1.33 bits per heavy atom. The molecule has 0 saturated heterocycles. The van der Waals surface area contributed by atoms with Crippen molar-refractivity contribution >= 4 is 22.2 Å². The molecule has 0 spiro atoms. The highest BCUT2D eigenvalue weighted by Crippen LogP contribution is 2.22. The van der Waals surface area contributed by atoms with Crippen LogP contribution in [0.3, 0.4) is 0 Å². The highest BCUT2D eigenvalue weighted by Gasteiger charge is 2.04. The highest BCUT2D eigenvalue weighted by molar-refractivity contribution is 9.09. The summed E-state index contributed by atoms with van der Waals surface area (Å²) in [4.78, 5) is 10.3. The molecule has 1 aromatic carbocycles. The lowest BCUT2D eigenvalue weighted by Gasteiger charge is -2.07. The smallest absolute Gasteiger partial charge is 0.138 e. The van der Waals surface area contributed by atoms with Crippen LogP contribution in [0.1, 0.15) is 10.4 Å². The molecular weight excluding hydrogens is 260 g/mol. The Kier molecular flexibility index (Phi) is 5.36. The Hall–Kier alpha value is -0.870. The molecule has 0 saturated carbocycles. The zero-order valence-electron chi connectivity index (χ0n) is 8.48. The third-order valence-corrected chi connectivity index (χ3v) is 2.62. The fraction of sp³-hybridized carbons (Fsp3) is 0.364. The summed E-state index contributed by atoms with van der Waals surface area (Å²) < 4.78 is 10.3. The van der Waals surface area contributed by atoms with Crippen LogP contribution in [-0.4, -0.2) is 26.6 Å². The number of carbonyl (C=O) groups excluding carboxylic acids is 1. The molecule has 82 valence electrons. The topological polar surface area (TPSA) is 35.5 Å². The SMILES string of the molecule is COCCOc1ccc(C(Br)C=O)cc1. The normalized spacial score (nSPS) is 12.1. The molecule has 1 aromatic rings. The number of methoxy groups -OCH3 is 1. The predicted octanol–water partition coefficient (Wildman–Crippen LogP) is 2.35. The summed E-state index contributed by atoms with van der Waals surface area (Å²) in [6.07, 6.45) is 0.848. The van der Waals surface area contributed by atoms with Crippen molar-refractivity contribution in [3.05, 3.63) is 29.8 Å². The summed E-state index contributed by atoms with van der Waals surface area (Å²) in [5.74, 6) is 0.779. The van der Waals surface area contributed by atoms with Gasteiger partial charge >= 0.3 is 0 Å². The fourth-order valence-electron chi connectivity index (χ4n) is 1.07. The van der Waals surface area contributed by atoms with Crippen molar-refractivity contribution in [2.24, 2.45) is 0 Å². The van der Waals surface area contributed by atoms with Crippen LogP contribution < -0.4 is 4.74 Å². The van der Waals surface area contributed by atoms with Crippen LogP contribution in [0.5, 0.6) is 5.75 Å². The third-order valence-electron chi connectivity index (χ3n) is 1.87.